The van der Waals surface area contributed by atoms with E-state index in [1.807, 2.05) is 20.8 Å². The van der Waals surface area contributed by atoms with Gasteiger partial charge in [0.15, 0.2) is 0 Å². The summed E-state index contributed by atoms with van der Waals surface area (Å²) >= 11 is 0. The molecule has 0 spiro atoms. The maximum Gasteiger partial charge on any atom is 0.326 e. The minimum Gasteiger partial charge on any atom is -0.480 e. The van der Waals surface area contributed by atoms with Crippen molar-refractivity contribution in [1.29, 1.82) is 0 Å². The van der Waals surface area contributed by atoms with E-state index in [2.05, 4.69) is 10.6 Å². The van der Waals surface area contributed by atoms with Crippen molar-refractivity contribution in [1.82, 2.24) is 10.6 Å². The maximum atomic E-state index is 11.6. The SMILES string of the molecule is CC(C)C[C@@H](NC(=O)NC(C)C1CC1)C(=O)O. The van der Waals surface area contributed by atoms with Crippen molar-refractivity contribution in [2.45, 2.75) is 52.1 Å². The lowest BCUT2D eigenvalue weighted by Crippen LogP contribution is -2.49. The van der Waals surface area contributed by atoms with Gasteiger partial charge >= 0.3 is 12.0 Å². The van der Waals surface area contributed by atoms with Gasteiger partial charge < -0.3 is 15.7 Å². The fourth-order valence-corrected chi connectivity index (χ4v) is 1.81. The van der Waals surface area contributed by atoms with Crippen LogP contribution in [0.25, 0.3) is 0 Å². The van der Waals surface area contributed by atoms with Gasteiger partial charge in [-0.2, -0.15) is 0 Å². The van der Waals surface area contributed by atoms with Crippen LogP contribution in [0.5, 0.6) is 0 Å². The van der Waals surface area contributed by atoms with Crippen LogP contribution in [0.4, 0.5) is 4.79 Å². The molecule has 2 atom stereocenters. The molecule has 2 amide bonds. The quantitative estimate of drug-likeness (QED) is 0.661. The number of rotatable bonds is 6. The Morgan fingerprint density at radius 3 is 2.24 bits per heavy atom. The summed E-state index contributed by atoms with van der Waals surface area (Å²) in [4.78, 5) is 22.6. The van der Waals surface area contributed by atoms with Gasteiger partial charge in [0, 0.05) is 6.04 Å². The summed E-state index contributed by atoms with van der Waals surface area (Å²) in [5, 5.41) is 14.3. The third kappa shape index (κ3) is 5.06. The minimum absolute atomic E-state index is 0.128. The molecule has 0 aliphatic heterocycles. The molecule has 0 heterocycles. The summed E-state index contributed by atoms with van der Waals surface area (Å²) in [5.74, 6) is -0.181. The van der Waals surface area contributed by atoms with Gasteiger partial charge in [0.2, 0.25) is 0 Å². The molecular weight excluding hydrogens is 220 g/mol. The van der Waals surface area contributed by atoms with Crippen LogP contribution in [0.1, 0.15) is 40.0 Å². The van der Waals surface area contributed by atoms with Gasteiger partial charge in [-0.05, 0) is 38.0 Å². The van der Waals surface area contributed by atoms with Crippen LogP contribution in [-0.4, -0.2) is 29.2 Å². The molecule has 1 aliphatic rings. The van der Waals surface area contributed by atoms with E-state index in [1.165, 1.54) is 0 Å². The van der Waals surface area contributed by atoms with Gasteiger partial charge in [0.1, 0.15) is 6.04 Å². The lowest BCUT2D eigenvalue weighted by Gasteiger charge is -2.19. The van der Waals surface area contributed by atoms with Crippen molar-refractivity contribution in [2.24, 2.45) is 11.8 Å². The summed E-state index contributed by atoms with van der Waals surface area (Å²) in [7, 11) is 0. The molecule has 0 aromatic rings. The standard InChI is InChI=1S/C12H22N2O3/c1-7(2)6-10(11(15)16)14-12(17)13-8(3)9-4-5-9/h7-10H,4-6H2,1-3H3,(H,15,16)(H2,13,14,17)/t8?,10-/m1/s1. The van der Waals surface area contributed by atoms with E-state index in [0.29, 0.717) is 12.3 Å². The Morgan fingerprint density at radius 1 is 1.24 bits per heavy atom. The molecule has 1 fully saturated rings. The van der Waals surface area contributed by atoms with Gasteiger partial charge in [-0.25, -0.2) is 9.59 Å². The third-order valence-electron chi connectivity index (χ3n) is 3.00. The number of carbonyl (C=O) groups excluding carboxylic acids is 1. The van der Waals surface area contributed by atoms with Crippen LogP contribution in [0.15, 0.2) is 0 Å². The highest BCUT2D eigenvalue weighted by Crippen LogP contribution is 2.32. The fraction of sp³-hybridized carbons (Fsp3) is 0.833. The van der Waals surface area contributed by atoms with Crippen LogP contribution in [0.2, 0.25) is 0 Å². The van der Waals surface area contributed by atoms with E-state index in [-0.39, 0.29) is 18.0 Å². The monoisotopic (exact) mass is 242 g/mol. The molecule has 0 saturated heterocycles. The third-order valence-corrected chi connectivity index (χ3v) is 3.00. The van der Waals surface area contributed by atoms with Crippen molar-refractivity contribution >= 4 is 12.0 Å². The van der Waals surface area contributed by atoms with Gasteiger partial charge in [-0.3, -0.25) is 0 Å². The first-order valence-electron chi connectivity index (χ1n) is 6.20. The average Bonchev–Trinajstić information content (AvgIpc) is 2.98. The average molecular weight is 242 g/mol. The number of hydrogen-bond acceptors (Lipinski definition) is 2. The summed E-state index contributed by atoms with van der Waals surface area (Å²) in [5.41, 5.74) is 0. The van der Waals surface area contributed by atoms with Crippen LogP contribution < -0.4 is 10.6 Å². The molecule has 0 aromatic heterocycles. The molecule has 5 heteroatoms. The van der Waals surface area contributed by atoms with E-state index in [0.717, 1.165) is 12.8 Å². The predicted molar refractivity (Wildman–Crippen MR) is 64.7 cm³/mol. The van der Waals surface area contributed by atoms with Crippen LogP contribution in [0.3, 0.4) is 0 Å². The normalized spacial score (nSPS) is 18.6. The maximum absolute atomic E-state index is 11.6. The number of carboxylic acid groups (broad SMARTS) is 1. The highest BCUT2D eigenvalue weighted by molar-refractivity contribution is 5.82. The Bertz CT molecular complexity index is 287. The van der Waals surface area contributed by atoms with Crippen molar-refractivity contribution < 1.29 is 14.7 Å². The first kappa shape index (κ1) is 13.8. The largest absolute Gasteiger partial charge is 0.480 e. The van der Waals surface area contributed by atoms with Crippen LogP contribution >= 0.6 is 0 Å². The topological polar surface area (TPSA) is 78.4 Å². The van der Waals surface area contributed by atoms with E-state index < -0.39 is 12.0 Å². The van der Waals surface area contributed by atoms with Gasteiger partial charge in [0.25, 0.3) is 0 Å². The molecule has 0 bridgehead atoms. The summed E-state index contributed by atoms with van der Waals surface area (Å²) in [6, 6.07) is -1.05. The molecular formula is C12H22N2O3. The summed E-state index contributed by atoms with van der Waals surface area (Å²) in [6.45, 7) is 5.82. The van der Waals surface area contributed by atoms with Crippen molar-refractivity contribution in [3.63, 3.8) is 0 Å². The number of nitrogens with one attached hydrogen (secondary N) is 2. The number of urea groups is 1. The van der Waals surface area contributed by atoms with E-state index in [4.69, 9.17) is 5.11 Å². The van der Waals surface area contributed by atoms with E-state index in [1.54, 1.807) is 0 Å². The number of amides is 2. The van der Waals surface area contributed by atoms with Crippen molar-refractivity contribution in [3.05, 3.63) is 0 Å². The Morgan fingerprint density at radius 2 is 1.82 bits per heavy atom. The number of carbonyl (C=O) groups is 2. The minimum atomic E-state index is -0.979. The first-order chi connectivity index (χ1) is 7.90. The fourth-order valence-electron chi connectivity index (χ4n) is 1.81. The highest BCUT2D eigenvalue weighted by atomic mass is 16.4. The molecule has 17 heavy (non-hydrogen) atoms. The Hall–Kier alpha value is -1.26. The first-order valence-corrected chi connectivity index (χ1v) is 6.20. The van der Waals surface area contributed by atoms with Crippen molar-refractivity contribution in [2.75, 3.05) is 0 Å². The Balaban J connectivity index is 2.37. The molecule has 1 rings (SSSR count). The summed E-state index contributed by atoms with van der Waals surface area (Å²) < 4.78 is 0. The van der Waals surface area contributed by atoms with E-state index in [9.17, 15) is 9.59 Å². The van der Waals surface area contributed by atoms with Crippen LogP contribution in [-0.2, 0) is 4.79 Å². The molecule has 1 unspecified atom stereocenters. The second-order valence-electron chi connectivity index (χ2n) is 5.26. The Labute approximate surface area is 102 Å². The molecule has 1 saturated carbocycles. The van der Waals surface area contributed by atoms with Gasteiger partial charge in [0.05, 0.1) is 0 Å². The highest BCUT2D eigenvalue weighted by Gasteiger charge is 2.29. The molecule has 0 radical (unpaired) electrons. The molecule has 3 N–H and O–H groups in total. The van der Waals surface area contributed by atoms with Gasteiger partial charge in [-0.15, -0.1) is 0 Å². The number of hydrogen-bond donors (Lipinski definition) is 3. The number of aliphatic carboxylic acids is 1. The number of carboxylic acids is 1. The molecule has 1 aliphatic carbocycles. The second kappa shape index (κ2) is 5.89. The van der Waals surface area contributed by atoms with Gasteiger partial charge in [-0.1, -0.05) is 13.8 Å². The molecule has 0 aromatic carbocycles. The predicted octanol–water partition coefficient (Wildman–Crippen LogP) is 1.58. The summed E-state index contributed by atoms with van der Waals surface area (Å²) in [6.07, 6.45) is 2.74. The zero-order valence-corrected chi connectivity index (χ0v) is 10.7. The molecule has 5 nitrogen and oxygen atoms in total. The van der Waals surface area contributed by atoms with Crippen molar-refractivity contribution in [3.8, 4) is 0 Å². The lowest BCUT2D eigenvalue weighted by molar-refractivity contribution is -0.139. The lowest BCUT2D eigenvalue weighted by atomic mass is 10.0. The smallest absolute Gasteiger partial charge is 0.326 e. The molecule has 98 valence electrons. The zero-order valence-electron chi connectivity index (χ0n) is 10.7. The van der Waals surface area contributed by atoms with E-state index >= 15 is 0 Å². The zero-order chi connectivity index (χ0) is 13.0. The second-order valence-corrected chi connectivity index (χ2v) is 5.26. The Kier molecular flexibility index (Phi) is 4.78. The van der Waals surface area contributed by atoms with Crippen LogP contribution in [0, 0.1) is 11.8 Å².